The van der Waals surface area contributed by atoms with Crippen molar-refractivity contribution in [1.82, 2.24) is 5.32 Å². The lowest BCUT2D eigenvalue weighted by atomic mass is 10.1. The molecule has 2 nitrogen and oxygen atoms in total. The van der Waals surface area contributed by atoms with Gasteiger partial charge in [-0.25, -0.2) is 0 Å². The summed E-state index contributed by atoms with van der Waals surface area (Å²) in [6.07, 6.45) is 1.26. The molecule has 1 aliphatic rings. The zero-order valence-electron chi connectivity index (χ0n) is 10.6. The average Bonchev–Trinajstić information content (AvgIpc) is 2.65. The van der Waals surface area contributed by atoms with E-state index < -0.39 is 0 Å². The van der Waals surface area contributed by atoms with Crippen molar-refractivity contribution in [3.05, 3.63) is 29.3 Å². The molecule has 0 bridgehead atoms. The number of aryl methyl sites for hydroxylation is 2. The molecule has 0 aromatic heterocycles. The molecule has 2 heteroatoms. The summed E-state index contributed by atoms with van der Waals surface area (Å²) in [4.78, 5) is 2.49. The van der Waals surface area contributed by atoms with Crippen LogP contribution in [0.25, 0.3) is 0 Å². The maximum absolute atomic E-state index is 3.53. The highest BCUT2D eigenvalue weighted by Crippen LogP contribution is 2.22. The van der Waals surface area contributed by atoms with Crippen LogP contribution in [0.4, 0.5) is 5.69 Å². The van der Waals surface area contributed by atoms with Gasteiger partial charge < -0.3 is 10.2 Å². The summed E-state index contributed by atoms with van der Waals surface area (Å²) in [5, 5.41) is 3.53. The van der Waals surface area contributed by atoms with Crippen molar-refractivity contribution in [1.29, 1.82) is 0 Å². The van der Waals surface area contributed by atoms with Crippen molar-refractivity contribution in [3.63, 3.8) is 0 Å². The lowest BCUT2D eigenvalue weighted by molar-refractivity contribution is 0.572. The second kappa shape index (κ2) is 4.88. The minimum absolute atomic E-state index is 0.672. The van der Waals surface area contributed by atoms with E-state index in [-0.39, 0.29) is 0 Å². The van der Waals surface area contributed by atoms with Crippen LogP contribution in [-0.4, -0.2) is 25.7 Å². The molecule has 1 atom stereocenters. The van der Waals surface area contributed by atoms with Crippen molar-refractivity contribution in [2.45, 2.75) is 33.2 Å². The van der Waals surface area contributed by atoms with Crippen LogP contribution >= 0.6 is 0 Å². The van der Waals surface area contributed by atoms with E-state index >= 15 is 0 Å². The van der Waals surface area contributed by atoms with E-state index in [2.05, 4.69) is 49.2 Å². The molecule has 1 aromatic carbocycles. The number of likely N-dealkylation sites (N-methyl/N-ethyl adjacent to an activating group) is 1. The van der Waals surface area contributed by atoms with Gasteiger partial charge in [-0.15, -0.1) is 0 Å². The number of nitrogens with zero attached hydrogens (tertiary/aromatic N) is 1. The predicted octanol–water partition coefficient (Wildman–Crippen LogP) is 2.49. The molecule has 2 rings (SSSR count). The average molecular weight is 218 g/mol. The summed E-state index contributed by atoms with van der Waals surface area (Å²) >= 11 is 0. The Hall–Kier alpha value is -1.02. The van der Waals surface area contributed by atoms with Crippen LogP contribution in [0.1, 0.15) is 24.5 Å². The molecule has 1 N–H and O–H groups in total. The molecule has 1 fully saturated rings. The van der Waals surface area contributed by atoms with E-state index in [4.69, 9.17) is 0 Å². The van der Waals surface area contributed by atoms with Crippen molar-refractivity contribution in [2.24, 2.45) is 0 Å². The van der Waals surface area contributed by atoms with Crippen LogP contribution in [0.2, 0.25) is 0 Å². The Labute approximate surface area is 98.7 Å². The first kappa shape index (κ1) is 11.5. The Bertz CT molecular complexity index is 340. The van der Waals surface area contributed by atoms with Crippen LogP contribution in [-0.2, 0) is 0 Å². The molecule has 0 amide bonds. The van der Waals surface area contributed by atoms with Crippen LogP contribution in [0.15, 0.2) is 18.2 Å². The number of hydrogen-bond donors (Lipinski definition) is 1. The maximum atomic E-state index is 3.53. The van der Waals surface area contributed by atoms with Gasteiger partial charge in [-0.2, -0.15) is 0 Å². The number of anilines is 1. The Balaban J connectivity index is 2.08. The standard InChI is InChI=1S/C14H22N2/c1-4-15-13-5-6-16(10-13)14-8-11(2)7-12(3)9-14/h7-9,13,15H,4-6,10H2,1-3H3. The molecular formula is C14H22N2. The van der Waals surface area contributed by atoms with E-state index in [0.29, 0.717) is 6.04 Å². The van der Waals surface area contributed by atoms with E-state index in [0.717, 1.165) is 13.1 Å². The van der Waals surface area contributed by atoms with Gasteiger partial charge in [0.15, 0.2) is 0 Å². The van der Waals surface area contributed by atoms with Gasteiger partial charge in [0, 0.05) is 24.8 Å². The minimum atomic E-state index is 0.672. The Morgan fingerprint density at radius 3 is 2.56 bits per heavy atom. The fraction of sp³-hybridized carbons (Fsp3) is 0.571. The van der Waals surface area contributed by atoms with Gasteiger partial charge in [-0.05, 0) is 50.1 Å². The summed E-state index contributed by atoms with van der Waals surface area (Å²) in [5.41, 5.74) is 4.11. The lowest BCUT2D eigenvalue weighted by Gasteiger charge is -2.20. The molecule has 1 unspecified atom stereocenters. The van der Waals surface area contributed by atoms with Gasteiger partial charge in [0.05, 0.1) is 0 Å². The molecule has 0 spiro atoms. The van der Waals surface area contributed by atoms with E-state index in [1.165, 1.54) is 29.8 Å². The number of rotatable bonds is 3. The van der Waals surface area contributed by atoms with E-state index in [9.17, 15) is 0 Å². The summed E-state index contributed by atoms with van der Waals surface area (Å²) in [7, 11) is 0. The third-order valence-corrected chi connectivity index (χ3v) is 3.25. The second-order valence-corrected chi connectivity index (χ2v) is 4.84. The number of benzene rings is 1. The van der Waals surface area contributed by atoms with Gasteiger partial charge in [0.25, 0.3) is 0 Å². The van der Waals surface area contributed by atoms with Crippen molar-refractivity contribution >= 4 is 5.69 Å². The fourth-order valence-corrected chi connectivity index (χ4v) is 2.58. The Kier molecular flexibility index (Phi) is 3.49. The summed E-state index contributed by atoms with van der Waals surface area (Å²) in [6.45, 7) is 9.94. The molecule has 1 heterocycles. The monoisotopic (exact) mass is 218 g/mol. The lowest BCUT2D eigenvalue weighted by Crippen LogP contribution is -2.32. The molecular weight excluding hydrogens is 196 g/mol. The maximum Gasteiger partial charge on any atom is 0.0372 e. The summed E-state index contributed by atoms with van der Waals surface area (Å²) in [5.74, 6) is 0. The van der Waals surface area contributed by atoms with E-state index in [1.807, 2.05) is 0 Å². The van der Waals surface area contributed by atoms with Crippen LogP contribution in [0, 0.1) is 13.8 Å². The normalized spacial score (nSPS) is 20.4. The van der Waals surface area contributed by atoms with Crippen molar-refractivity contribution in [2.75, 3.05) is 24.5 Å². The number of hydrogen-bond acceptors (Lipinski definition) is 2. The van der Waals surface area contributed by atoms with Gasteiger partial charge in [0.2, 0.25) is 0 Å². The molecule has 88 valence electrons. The molecule has 1 aliphatic heterocycles. The first-order chi connectivity index (χ1) is 7.69. The predicted molar refractivity (Wildman–Crippen MR) is 70.2 cm³/mol. The Morgan fingerprint density at radius 2 is 1.94 bits per heavy atom. The van der Waals surface area contributed by atoms with Gasteiger partial charge in [-0.1, -0.05) is 13.0 Å². The zero-order chi connectivity index (χ0) is 11.5. The third kappa shape index (κ3) is 2.56. The first-order valence-electron chi connectivity index (χ1n) is 6.25. The summed E-state index contributed by atoms with van der Waals surface area (Å²) in [6, 6.07) is 7.50. The highest BCUT2D eigenvalue weighted by atomic mass is 15.2. The SMILES string of the molecule is CCNC1CCN(c2cc(C)cc(C)c2)C1. The topological polar surface area (TPSA) is 15.3 Å². The Morgan fingerprint density at radius 1 is 1.25 bits per heavy atom. The first-order valence-corrected chi connectivity index (χ1v) is 6.25. The molecule has 1 aromatic rings. The fourth-order valence-electron chi connectivity index (χ4n) is 2.58. The smallest absolute Gasteiger partial charge is 0.0372 e. The molecule has 0 saturated carbocycles. The third-order valence-electron chi connectivity index (χ3n) is 3.25. The number of nitrogens with one attached hydrogen (secondary N) is 1. The second-order valence-electron chi connectivity index (χ2n) is 4.84. The van der Waals surface area contributed by atoms with Crippen LogP contribution in [0.3, 0.4) is 0 Å². The minimum Gasteiger partial charge on any atom is -0.370 e. The highest BCUT2D eigenvalue weighted by molar-refractivity contribution is 5.51. The van der Waals surface area contributed by atoms with Crippen molar-refractivity contribution < 1.29 is 0 Å². The van der Waals surface area contributed by atoms with Crippen molar-refractivity contribution in [3.8, 4) is 0 Å². The molecule has 0 aliphatic carbocycles. The van der Waals surface area contributed by atoms with Gasteiger partial charge in [0.1, 0.15) is 0 Å². The van der Waals surface area contributed by atoms with Crippen LogP contribution < -0.4 is 10.2 Å². The quantitative estimate of drug-likeness (QED) is 0.838. The van der Waals surface area contributed by atoms with Gasteiger partial charge >= 0.3 is 0 Å². The largest absolute Gasteiger partial charge is 0.370 e. The molecule has 1 saturated heterocycles. The van der Waals surface area contributed by atoms with Crippen LogP contribution in [0.5, 0.6) is 0 Å². The van der Waals surface area contributed by atoms with E-state index in [1.54, 1.807) is 0 Å². The molecule has 0 radical (unpaired) electrons. The zero-order valence-corrected chi connectivity index (χ0v) is 10.6. The van der Waals surface area contributed by atoms with Gasteiger partial charge in [-0.3, -0.25) is 0 Å². The summed E-state index contributed by atoms with van der Waals surface area (Å²) < 4.78 is 0. The molecule has 16 heavy (non-hydrogen) atoms. The highest BCUT2D eigenvalue weighted by Gasteiger charge is 2.21.